The second-order valence-electron chi connectivity index (χ2n) is 6.27. The molecule has 0 saturated carbocycles. The average Bonchev–Trinajstić information content (AvgIpc) is 2.77. The number of fused-ring (bicyclic) bond motifs is 1. The molecule has 8 heteroatoms. The zero-order valence-corrected chi connectivity index (χ0v) is 17.0. The lowest BCUT2D eigenvalue weighted by atomic mass is 10.2. The van der Waals surface area contributed by atoms with Crippen molar-refractivity contribution in [1.82, 2.24) is 15.0 Å². The quantitative estimate of drug-likeness (QED) is 0.344. The molecule has 2 aromatic carbocycles. The van der Waals surface area contributed by atoms with E-state index in [4.69, 9.17) is 10.5 Å². The molecule has 0 aliphatic carbocycles. The van der Waals surface area contributed by atoms with Crippen LogP contribution in [0.3, 0.4) is 0 Å². The van der Waals surface area contributed by atoms with Crippen molar-refractivity contribution in [2.75, 3.05) is 17.7 Å². The highest BCUT2D eigenvalue weighted by molar-refractivity contribution is 7.99. The molecule has 4 aromatic rings. The summed E-state index contributed by atoms with van der Waals surface area (Å²) in [6.07, 6.45) is 3.20. The molecular weight excluding hydrogens is 398 g/mol. The molecule has 0 fully saturated rings. The number of hydrogen-bond acceptors (Lipinski definition) is 8. The summed E-state index contributed by atoms with van der Waals surface area (Å²) in [5.74, 6) is 0.00194. The number of nitrogens with one attached hydrogen (secondary N) is 1. The summed E-state index contributed by atoms with van der Waals surface area (Å²) in [5, 5.41) is 4.77. The molecule has 0 radical (unpaired) electrons. The molecule has 0 amide bonds. The number of ether oxygens (including phenoxy) is 1. The van der Waals surface area contributed by atoms with Gasteiger partial charge < -0.3 is 15.8 Å². The van der Waals surface area contributed by atoms with Gasteiger partial charge in [0.15, 0.2) is 5.82 Å². The predicted octanol–water partition coefficient (Wildman–Crippen LogP) is 4.68. The Balaban J connectivity index is 1.66. The topological polar surface area (TPSA) is 103 Å². The van der Waals surface area contributed by atoms with Crippen LogP contribution in [-0.2, 0) is 4.74 Å². The lowest BCUT2D eigenvalue weighted by molar-refractivity contribution is 0.0527. The van der Waals surface area contributed by atoms with Crippen LogP contribution in [-0.4, -0.2) is 27.5 Å². The number of rotatable bonds is 6. The van der Waals surface area contributed by atoms with Gasteiger partial charge in [0.05, 0.1) is 23.4 Å². The fraction of sp³-hybridized carbons (Fsp3) is 0.0909. The minimum absolute atomic E-state index is 0.294. The van der Waals surface area contributed by atoms with Crippen molar-refractivity contribution in [3.05, 3.63) is 72.7 Å². The first-order chi connectivity index (χ1) is 14.7. The van der Waals surface area contributed by atoms with Gasteiger partial charge in [0, 0.05) is 16.5 Å². The molecule has 4 rings (SSSR count). The van der Waals surface area contributed by atoms with E-state index in [1.165, 1.54) is 18.1 Å². The van der Waals surface area contributed by atoms with Crippen molar-refractivity contribution in [3.63, 3.8) is 0 Å². The average molecular weight is 417 g/mol. The largest absolute Gasteiger partial charge is 0.462 e. The number of aromatic nitrogens is 3. The van der Waals surface area contributed by atoms with Gasteiger partial charge in [-0.1, -0.05) is 42.1 Å². The second kappa shape index (κ2) is 8.79. The summed E-state index contributed by atoms with van der Waals surface area (Å²) < 4.78 is 5.13. The Hall–Kier alpha value is -3.65. The standard InChI is InChI=1S/C22H19N5O2S/c1-2-29-22(28)15-9-3-4-10-16(15)27-20-18(23)21(26-13-25-20)30-17-11-5-7-14-8-6-12-24-19(14)17/h3-13H,2,23H2,1H3,(H,25,26,27). The lowest BCUT2D eigenvalue weighted by Gasteiger charge is -2.13. The first-order valence-corrected chi connectivity index (χ1v) is 10.1. The maximum Gasteiger partial charge on any atom is 0.340 e. The summed E-state index contributed by atoms with van der Waals surface area (Å²) in [6, 6.07) is 16.9. The number of carbonyl (C=O) groups excluding carboxylic acids is 1. The van der Waals surface area contributed by atoms with Crippen molar-refractivity contribution < 1.29 is 9.53 Å². The van der Waals surface area contributed by atoms with E-state index in [1.807, 2.05) is 36.4 Å². The second-order valence-corrected chi connectivity index (χ2v) is 7.30. The van der Waals surface area contributed by atoms with Crippen molar-refractivity contribution in [2.45, 2.75) is 16.8 Å². The fourth-order valence-corrected chi connectivity index (χ4v) is 3.86. The molecule has 0 spiro atoms. The molecule has 2 heterocycles. The third-order valence-corrected chi connectivity index (χ3v) is 5.39. The van der Waals surface area contributed by atoms with Crippen LogP contribution >= 0.6 is 11.8 Å². The summed E-state index contributed by atoms with van der Waals surface area (Å²) in [7, 11) is 0. The number of nitrogens with two attached hydrogens (primary N) is 1. The Bertz CT molecular complexity index is 1210. The Labute approximate surface area is 177 Å². The fourth-order valence-electron chi connectivity index (χ4n) is 2.93. The summed E-state index contributed by atoms with van der Waals surface area (Å²) in [4.78, 5) is 26.2. The maximum atomic E-state index is 12.2. The molecular formula is C22H19N5O2S. The molecule has 7 nitrogen and oxygen atoms in total. The molecule has 0 saturated heterocycles. The van der Waals surface area contributed by atoms with Crippen molar-refractivity contribution in [1.29, 1.82) is 0 Å². The highest BCUT2D eigenvalue weighted by Gasteiger charge is 2.16. The van der Waals surface area contributed by atoms with E-state index in [-0.39, 0.29) is 0 Å². The van der Waals surface area contributed by atoms with Crippen LogP contribution in [0, 0.1) is 0 Å². The third kappa shape index (κ3) is 4.04. The van der Waals surface area contributed by atoms with Crippen molar-refractivity contribution >= 4 is 45.8 Å². The number of para-hydroxylation sites is 2. The van der Waals surface area contributed by atoms with Crippen LogP contribution in [0.5, 0.6) is 0 Å². The minimum Gasteiger partial charge on any atom is -0.462 e. The number of nitrogens with zero attached hydrogens (tertiary/aromatic N) is 3. The molecule has 30 heavy (non-hydrogen) atoms. The number of pyridine rings is 1. The molecule has 3 N–H and O–H groups in total. The van der Waals surface area contributed by atoms with Crippen LogP contribution in [0.2, 0.25) is 0 Å². The van der Waals surface area contributed by atoms with Gasteiger partial charge in [-0.25, -0.2) is 14.8 Å². The first kappa shape index (κ1) is 19.7. The van der Waals surface area contributed by atoms with E-state index in [0.29, 0.717) is 34.4 Å². The maximum absolute atomic E-state index is 12.2. The number of hydrogen-bond donors (Lipinski definition) is 2. The molecule has 0 atom stereocenters. The number of esters is 1. The van der Waals surface area contributed by atoms with Crippen LogP contribution in [0.4, 0.5) is 17.2 Å². The van der Waals surface area contributed by atoms with Gasteiger partial charge in [0.1, 0.15) is 17.0 Å². The van der Waals surface area contributed by atoms with Crippen LogP contribution in [0.25, 0.3) is 10.9 Å². The van der Waals surface area contributed by atoms with Gasteiger partial charge in [-0.05, 0) is 31.2 Å². The van der Waals surface area contributed by atoms with E-state index in [2.05, 4.69) is 20.3 Å². The first-order valence-electron chi connectivity index (χ1n) is 9.32. The van der Waals surface area contributed by atoms with Gasteiger partial charge in [-0.3, -0.25) is 4.98 Å². The summed E-state index contributed by atoms with van der Waals surface area (Å²) in [6.45, 7) is 2.06. The molecule has 0 aliphatic rings. The predicted molar refractivity (Wildman–Crippen MR) is 118 cm³/mol. The van der Waals surface area contributed by atoms with E-state index >= 15 is 0 Å². The number of carbonyl (C=O) groups is 1. The van der Waals surface area contributed by atoms with Gasteiger partial charge in [-0.2, -0.15) is 0 Å². The number of benzene rings is 2. The smallest absolute Gasteiger partial charge is 0.340 e. The van der Waals surface area contributed by atoms with Crippen molar-refractivity contribution in [2.24, 2.45) is 0 Å². The minimum atomic E-state index is -0.412. The molecule has 2 aromatic heterocycles. The number of nitrogen functional groups attached to an aromatic ring is 1. The van der Waals surface area contributed by atoms with E-state index in [9.17, 15) is 4.79 Å². The molecule has 150 valence electrons. The highest BCUT2D eigenvalue weighted by atomic mass is 32.2. The normalized spacial score (nSPS) is 10.7. The molecule has 0 unspecified atom stereocenters. The van der Waals surface area contributed by atoms with Gasteiger partial charge in [0.2, 0.25) is 0 Å². The van der Waals surface area contributed by atoms with Crippen LogP contribution in [0.1, 0.15) is 17.3 Å². The summed E-state index contributed by atoms with van der Waals surface area (Å²) >= 11 is 1.42. The van der Waals surface area contributed by atoms with Crippen LogP contribution < -0.4 is 11.1 Å². The highest BCUT2D eigenvalue weighted by Crippen LogP contribution is 2.37. The SMILES string of the molecule is CCOC(=O)c1ccccc1Nc1ncnc(Sc2cccc3cccnc23)c1N. The Kier molecular flexibility index (Phi) is 5.76. The zero-order valence-electron chi connectivity index (χ0n) is 16.2. The van der Waals surface area contributed by atoms with E-state index in [1.54, 1.807) is 31.3 Å². The number of anilines is 3. The van der Waals surface area contributed by atoms with E-state index < -0.39 is 5.97 Å². The van der Waals surface area contributed by atoms with Gasteiger partial charge in [-0.15, -0.1) is 0 Å². The lowest BCUT2D eigenvalue weighted by Crippen LogP contribution is -2.09. The Morgan fingerprint density at radius 1 is 1.07 bits per heavy atom. The Morgan fingerprint density at radius 3 is 2.77 bits per heavy atom. The third-order valence-electron chi connectivity index (χ3n) is 4.33. The molecule has 0 aliphatic heterocycles. The Morgan fingerprint density at radius 2 is 1.90 bits per heavy atom. The van der Waals surface area contributed by atoms with Gasteiger partial charge >= 0.3 is 5.97 Å². The molecule has 0 bridgehead atoms. The van der Waals surface area contributed by atoms with Crippen LogP contribution in [0.15, 0.2) is 77.0 Å². The summed E-state index contributed by atoms with van der Waals surface area (Å²) in [5.41, 5.74) is 8.59. The zero-order chi connectivity index (χ0) is 20.9. The van der Waals surface area contributed by atoms with Gasteiger partial charge in [0.25, 0.3) is 0 Å². The monoisotopic (exact) mass is 417 g/mol. The van der Waals surface area contributed by atoms with Crippen molar-refractivity contribution in [3.8, 4) is 0 Å². The van der Waals surface area contributed by atoms with E-state index in [0.717, 1.165) is 15.8 Å².